The summed E-state index contributed by atoms with van der Waals surface area (Å²) >= 11 is 0. The second-order valence-electron chi connectivity index (χ2n) is 7.87. The van der Waals surface area contributed by atoms with Crippen molar-refractivity contribution < 1.29 is 4.79 Å². The maximum atomic E-state index is 12.7. The Morgan fingerprint density at radius 2 is 1.65 bits per heavy atom. The molecule has 2 saturated carbocycles. The van der Waals surface area contributed by atoms with Gasteiger partial charge in [0.25, 0.3) is 0 Å². The Hall–Kier alpha value is -0.570. The summed E-state index contributed by atoms with van der Waals surface area (Å²) in [4.78, 5) is 12.7. The highest BCUT2D eigenvalue weighted by molar-refractivity contribution is 5.80. The van der Waals surface area contributed by atoms with Crippen molar-refractivity contribution in [3.8, 4) is 0 Å². The Balaban J connectivity index is 1.95. The van der Waals surface area contributed by atoms with Gasteiger partial charge in [0, 0.05) is 18.0 Å². The van der Waals surface area contributed by atoms with Crippen molar-refractivity contribution in [1.82, 2.24) is 5.32 Å². The molecule has 20 heavy (non-hydrogen) atoms. The lowest BCUT2D eigenvalue weighted by Crippen LogP contribution is -2.53. The first-order chi connectivity index (χ1) is 9.32. The zero-order chi connectivity index (χ0) is 14.9. The standard InChI is InChI=1S/C17H32N2O/c1-11-5-7-13(8-6-11)19-16(20)14-9-10-15(18)12(2)17(14,3)4/h11-15H,5-10,18H2,1-4H3,(H,19,20). The largest absolute Gasteiger partial charge is 0.353 e. The summed E-state index contributed by atoms with van der Waals surface area (Å²) in [5.74, 6) is 1.62. The minimum atomic E-state index is 0.00368. The maximum absolute atomic E-state index is 12.7. The molecular formula is C17H32N2O. The molecular weight excluding hydrogens is 248 g/mol. The molecule has 0 bridgehead atoms. The van der Waals surface area contributed by atoms with E-state index < -0.39 is 0 Å². The van der Waals surface area contributed by atoms with Gasteiger partial charge < -0.3 is 11.1 Å². The normalized spacial score (nSPS) is 41.1. The molecule has 0 aromatic rings. The minimum absolute atomic E-state index is 0.00368. The first-order valence-corrected chi connectivity index (χ1v) is 8.38. The Labute approximate surface area is 124 Å². The Morgan fingerprint density at radius 1 is 1.05 bits per heavy atom. The highest BCUT2D eigenvalue weighted by Crippen LogP contribution is 2.44. The van der Waals surface area contributed by atoms with E-state index in [1.165, 1.54) is 12.8 Å². The Kier molecular flexibility index (Phi) is 4.78. The van der Waals surface area contributed by atoms with Gasteiger partial charge in [-0.25, -0.2) is 0 Å². The summed E-state index contributed by atoms with van der Waals surface area (Å²) in [7, 11) is 0. The van der Waals surface area contributed by atoms with Crippen LogP contribution in [0, 0.1) is 23.2 Å². The zero-order valence-corrected chi connectivity index (χ0v) is 13.6. The van der Waals surface area contributed by atoms with Crippen molar-refractivity contribution in [2.24, 2.45) is 28.9 Å². The van der Waals surface area contributed by atoms with E-state index in [1.54, 1.807) is 0 Å². The number of nitrogens with two attached hydrogens (primary N) is 1. The molecule has 2 aliphatic rings. The van der Waals surface area contributed by atoms with Gasteiger partial charge in [0.2, 0.25) is 5.91 Å². The topological polar surface area (TPSA) is 55.1 Å². The zero-order valence-electron chi connectivity index (χ0n) is 13.6. The first kappa shape index (κ1) is 15.8. The van der Waals surface area contributed by atoms with Crippen LogP contribution in [0.4, 0.5) is 0 Å². The van der Waals surface area contributed by atoms with E-state index in [0.717, 1.165) is 31.6 Å². The SMILES string of the molecule is CC1CCC(NC(=O)C2CCC(N)C(C)C2(C)C)CC1. The van der Waals surface area contributed by atoms with Gasteiger partial charge in [0.05, 0.1) is 0 Å². The third kappa shape index (κ3) is 3.19. The molecule has 0 aliphatic heterocycles. The molecule has 0 aromatic heterocycles. The molecule has 0 aromatic carbocycles. The molecule has 3 nitrogen and oxygen atoms in total. The smallest absolute Gasteiger partial charge is 0.223 e. The number of carbonyl (C=O) groups is 1. The number of rotatable bonds is 2. The average Bonchev–Trinajstić information content (AvgIpc) is 2.38. The number of carbonyl (C=O) groups excluding carboxylic acids is 1. The molecule has 1 amide bonds. The fourth-order valence-electron chi connectivity index (χ4n) is 4.03. The monoisotopic (exact) mass is 280 g/mol. The van der Waals surface area contributed by atoms with Gasteiger partial charge >= 0.3 is 0 Å². The molecule has 3 heteroatoms. The summed E-state index contributed by atoms with van der Waals surface area (Å²) in [6.07, 6.45) is 6.71. The van der Waals surface area contributed by atoms with Gasteiger partial charge in [0.1, 0.15) is 0 Å². The second-order valence-corrected chi connectivity index (χ2v) is 7.87. The van der Waals surface area contributed by atoms with E-state index in [2.05, 4.69) is 33.0 Å². The number of hydrogen-bond donors (Lipinski definition) is 2. The van der Waals surface area contributed by atoms with Crippen LogP contribution in [-0.4, -0.2) is 18.0 Å². The molecule has 3 unspecified atom stereocenters. The van der Waals surface area contributed by atoms with Gasteiger partial charge in [-0.1, -0.05) is 27.7 Å². The molecule has 2 fully saturated rings. The van der Waals surface area contributed by atoms with Crippen molar-refractivity contribution in [2.75, 3.05) is 0 Å². The lowest BCUT2D eigenvalue weighted by Gasteiger charge is -2.46. The third-order valence-corrected chi connectivity index (χ3v) is 6.18. The molecule has 0 spiro atoms. The van der Waals surface area contributed by atoms with Crippen LogP contribution in [0.2, 0.25) is 0 Å². The number of hydrogen-bond acceptors (Lipinski definition) is 2. The first-order valence-electron chi connectivity index (χ1n) is 8.38. The summed E-state index contributed by atoms with van der Waals surface area (Å²) in [5.41, 5.74) is 6.19. The van der Waals surface area contributed by atoms with Crippen molar-refractivity contribution in [1.29, 1.82) is 0 Å². The molecule has 0 saturated heterocycles. The number of amides is 1. The van der Waals surface area contributed by atoms with Crippen molar-refractivity contribution in [2.45, 2.75) is 78.3 Å². The van der Waals surface area contributed by atoms with Gasteiger partial charge in [0.15, 0.2) is 0 Å². The predicted molar refractivity (Wildman–Crippen MR) is 83.2 cm³/mol. The quantitative estimate of drug-likeness (QED) is 0.816. The predicted octanol–water partition coefficient (Wildman–Crippen LogP) is 3.08. The van der Waals surface area contributed by atoms with Gasteiger partial charge in [-0.05, 0) is 55.8 Å². The molecule has 0 heterocycles. The highest BCUT2D eigenvalue weighted by Gasteiger charge is 2.45. The van der Waals surface area contributed by atoms with Gasteiger partial charge in [-0.3, -0.25) is 4.79 Å². The molecule has 2 rings (SSSR count). The lowest BCUT2D eigenvalue weighted by atomic mass is 9.61. The van der Waals surface area contributed by atoms with Crippen LogP contribution in [0.15, 0.2) is 0 Å². The van der Waals surface area contributed by atoms with Crippen molar-refractivity contribution in [3.05, 3.63) is 0 Å². The molecule has 3 N–H and O–H groups in total. The average molecular weight is 280 g/mol. The van der Waals surface area contributed by atoms with Crippen LogP contribution in [-0.2, 0) is 4.79 Å². The van der Waals surface area contributed by atoms with E-state index in [-0.39, 0.29) is 23.3 Å². The minimum Gasteiger partial charge on any atom is -0.353 e. The van der Waals surface area contributed by atoms with Crippen LogP contribution < -0.4 is 11.1 Å². The number of nitrogens with one attached hydrogen (secondary N) is 1. The summed E-state index contributed by atoms with van der Waals surface area (Å²) in [6, 6.07) is 0.644. The van der Waals surface area contributed by atoms with Crippen LogP contribution in [0.25, 0.3) is 0 Å². The van der Waals surface area contributed by atoms with E-state index in [9.17, 15) is 4.79 Å². The fourth-order valence-corrected chi connectivity index (χ4v) is 4.03. The highest BCUT2D eigenvalue weighted by atomic mass is 16.2. The molecule has 116 valence electrons. The van der Waals surface area contributed by atoms with Crippen LogP contribution in [0.1, 0.15) is 66.2 Å². The van der Waals surface area contributed by atoms with Gasteiger partial charge in [-0.15, -0.1) is 0 Å². The van der Waals surface area contributed by atoms with Crippen LogP contribution in [0.5, 0.6) is 0 Å². The van der Waals surface area contributed by atoms with Crippen LogP contribution >= 0.6 is 0 Å². The fraction of sp³-hybridized carbons (Fsp3) is 0.941. The summed E-state index contributed by atoms with van der Waals surface area (Å²) < 4.78 is 0. The second kappa shape index (κ2) is 6.05. The molecule has 2 aliphatic carbocycles. The van der Waals surface area contributed by atoms with Gasteiger partial charge in [-0.2, -0.15) is 0 Å². The van der Waals surface area contributed by atoms with E-state index in [1.807, 2.05) is 0 Å². The summed E-state index contributed by atoms with van der Waals surface area (Å²) in [6.45, 7) is 8.94. The van der Waals surface area contributed by atoms with Crippen LogP contribution in [0.3, 0.4) is 0 Å². The van der Waals surface area contributed by atoms with E-state index >= 15 is 0 Å². The van der Waals surface area contributed by atoms with Crippen molar-refractivity contribution in [3.63, 3.8) is 0 Å². The summed E-state index contributed by atoms with van der Waals surface area (Å²) in [5, 5.41) is 3.32. The van der Waals surface area contributed by atoms with E-state index in [0.29, 0.717) is 12.0 Å². The third-order valence-electron chi connectivity index (χ3n) is 6.18. The van der Waals surface area contributed by atoms with Crippen molar-refractivity contribution >= 4 is 5.91 Å². The Morgan fingerprint density at radius 3 is 2.25 bits per heavy atom. The Bertz CT molecular complexity index is 345. The molecule has 0 radical (unpaired) electrons. The van der Waals surface area contributed by atoms with E-state index in [4.69, 9.17) is 5.73 Å². The maximum Gasteiger partial charge on any atom is 0.223 e. The lowest BCUT2D eigenvalue weighted by molar-refractivity contribution is -0.133. The molecule has 3 atom stereocenters.